The predicted octanol–water partition coefficient (Wildman–Crippen LogP) is 3.73. The van der Waals surface area contributed by atoms with Gasteiger partial charge in [0.25, 0.3) is 0 Å². The van der Waals surface area contributed by atoms with E-state index < -0.39 is 0 Å². The number of hydrogen-bond acceptors (Lipinski definition) is 5. The fourth-order valence-corrected chi connectivity index (χ4v) is 4.60. The Morgan fingerprint density at radius 3 is 1.47 bits per heavy atom. The maximum Gasteiger partial charge on any atom is 0.0643 e. The van der Waals surface area contributed by atoms with Gasteiger partial charge in [0.15, 0.2) is 0 Å². The van der Waals surface area contributed by atoms with Gasteiger partial charge in [-0.3, -0.25) is 4.90 Å². The Labute approximate surface area is 187 Å². The van der Waals surface area contributed by atoms with Crippen LogP contribution in [0.25, 0.3) is 0 Å². The van der Waals surface area contributed by atoms with Gasteiger partial charge in [-0.1, -0.05) is 0 Å². The Morgan fingerprint density at radius 2 is 1.27 bits per heavy atom. The monoisotopic (exact) mass is 424 g/mol. The Bertz CT molecular complexity index is 487. The number of nitrogens with one attached hydrogen (secondary N) is 2. The van der Waals surface area contributed by atoms with Crippen molar-refractivity contribution < 1.29 is 4.74 Å². The zero-order chi connectivity index (χ0) is 22.6. The van der Waals surface area contributed by atoms with Gasteiger partial charge in [0.2, 0.25) is 0 Å². The van der Waals surface area contributed by atoms with Crippen LogP contribution in [-0.4, -0.2) is 84.4 Å². The maximum atomic E-state index is 5.02. The fraction of sp³-hybridized carbons (Fsp3) is 1.00. The molecule has 0 amide bonds. The third kappa shape index (κ3) is 9.52. The SMILES string of the molecule is CC(C)(C)N1CCC1.CC(C)(C)NC1CN2CCC1CC2.CC(C)(C)NC1COC1. The largest absolute Gasteiger partial charge is 0.378 e. The van der Waals surface area contributed by atoms with Crippen LogP contribution in [0.1, 0.15) is 81.6 Å². The summed E-state index contributed by atoms with van der Waals surface area (Å²) in [6.45, 7) is 28.5. The zero-order valence-corrected chi connectivity index (χ0v) is 21.6. The fourth-order valence-electron chi connectivity index (χ4n) is 4.60. The van der Waals surface area contributed by atoms with Crippen LogP contribution in [0.2, 0.25) is 0 Å². The summed E-state index contributed by atoms with van der Waals surface area (Å²) < 4.78 is 5.02. The number of nitrogens with zero attached hydrogens (tertiary/aromatic N) is 2. The molecule has 2 N–H and O–H groups in total. The molecule has 5 aliphatic rings. The third-order valence-electron chi connectivity index (χ3n) is 6.35. The number of rotatable bonds is 2. The molecule has 0 aromatic rings. The van der Waals surface area contributed by atoms with Crippen molar-refractivity contribution in [1.82, 2.24) is 20.4 Å². The minimum atomic E-state index is 0.244. The van der Waals surface area contributed by atoms with Crippen molar-refractivity contribution in [3.05, 3.63) is 0 Å². The summed E-state index contributed by atoms with van der Waals surface area (Å²) in [5, 5.41) is 7.18. The average molecular weight is 425 g/mol. The second-order valence-corrected chi connectivity index (χ2v) is 12.8. The molecule has 0 spiro atoms. The van der Waals surface area contributed by atoms with Gasteiger partial charge in [-0.05, 0) is 114 Å². The van der Waals surface area contributed by atoms with Gasteiger partial charge in [-0.25, -0.2) is 0 Å². The Morgan fingerprint density at radius 1 is 0.733 bits per heavy atom. The van der Waals surface area contributed by atoms with Gasteiger partial charge in [0, 0.05) is 29.2 Å². The van der Waals surface area contributed by atoms with Gasteiger partial charge in [0.1, 0.15) is 0 Å². The first-order valence-corrected chi connectivity index (χ1v) is 12.3. The molecule has 5 heterocycles. The van der Waals surface area contributed by atoms with Gasteiger partial charge in [-0.15, -0.1) is 0 Å². The van der Waals surface area contributed by atoms with Gasteiger partial charge < -0.3 is 20.3 Å². The molecule has 0 aliphatic carbocycles. The number of fused-ring (bicyclic) bond motifs is 3. The molecule has 0 aromatic heterocycles. The summed E-state index contributed by atoms with van der Waals surface area (Å²) in [6.07, 6.45) is 4.22. The lowest BCUT2D eigenvalue weighted by Gasteiger charge is -2.47. The highest BCUT2D eigenvalue weighted by Gasteiger charge is 2.35. The van der Waals surface area contributed by atoms with Crippen molar-refractivity contribution in [1.29, 1.82) is 0 Å². The first-order valence-electron chi connectivity index (χ1n) is 12.3. The highest BCUT2D eigenvalue weighted by atomic mass is 16.5. The van der Waals surface area contributed by atoms with Crippen LogP contribution in [0.3, 0.4) is 0 Å². The molecule has 5 heteroatoms. The van der Waals surface area contributed by atoms with Crippen molar-refractivity contribution in [2.45, 2.75) is 110 Å². The van der Waals surface area contributed by atoms with E-state index in [1.807, 2.05) is 0 Å². The third-order valence-corrected chi connectivity index (χ3v) is 6.35. The molecule has 5 nitrogen and oxygen atoms in total. The molecule has 0 saturated carbocycles. The topological polar surface area (TPSA) is 39.8 Å². The quantitative estimate of drug-likeness (QED) is 0.707. The highest BCUT2D eigenvalue weighted by Crippen LogP contribution is 2.28. The normalized spacial score (nSPS) is 29.7. The van der Waals surface area contributed by atoms with E-state index in [9.17, 15) is 0 Å². The first-order chi connectivity index (χ1) is 13.7. The molecule has 1 atom stereocenters. The summed E-state index contributed by atoms with van der Waals surface area (Å²) in [7, 11) is 0. The first kappa shape index (κ1) is 26.1. The van der Waals surface area contributed by atoms with E-state index in [1.54, 1.807) is 0 Å². The van der Waals surface area contributed by atoms with Crippen LogP contribution >= 0.6 is 0 Å². The lowest BCUT2D eigenvalue weighted by Crippen LogP contribution is -2.59. The van der Waals surface area contributed by atoms with Crippen LogP contribution in [0.5, 0.6) is 0 Å². The van der Waals surface area contributed by atoms with Gasteiger partial charge in [0.05, 0.1) is 19.3 Å². The van der Waals surface area contributed by atoms with Gasteiger partial charge in [-0.2, -0.15) is 0 Å². The summed E-state index contributed by atoms with van der Waals surface area (Å²) in [4.78, 5) is 5.09. The zero-order valence-electron chi connectivity index (χ0n) is 21.6. The van der Waals surface area contributed by atoms with Crippen LogP contribution in [0.4, 0.5) is 0 Å². The van der Waals surface area contributed by atoms with E-state index in [4.69, 9.17) is 4.74 Å². The lowest BCUT2D eigenvalue weighted by atomic mass is 9.83. The van der Waals surface area contributed by atoms with E-state index in [0.29, 0.717) is 11.6 Å². The number of piperidine rings is 3. The van der Waals surface area contributed by atoms with Crippen LogP contribution < -0.4 is 10.6 Å². The van der Waals surface area contributed by atoms with Crippen LogP contribution in [0.15, 0.2) is 0 Å². The average Bonchev–Trinajstić information content (AvgIpc) is 2.48. The number of likely N-dealkylation sites (tertiary alicyclic amines) is 1. The van der Waals surface area contributed by atoms with Crippen LogP contribution in [-0.2, 0) is 4.74 Å². The van der Waals surface area contributed by atoms with E-state index in [-0.39, 0.29) is 11.1 Å². The molecule has 5 rings (SSSR count). The Balaban J connectivity index is 0.000000167. The second-order valence-electron chi connectivity index (χ2n) is 12.8. The minimum absolute atomic E-state index is 0.244. The smallest absolute Gasteiger partial charge is 0.0643 e. The molecule has 2 bridgehead atoms. The molecule has 0 radical (unpaired) electrons. The number of ether oxygens (including phenoxy) is 1. The molecule has 0 aromatic carbocycles. The molecule has 5 aliphatic heterocycles. The standard InChI is InChI=1S/C11H22N2.C7H15NO.C7H15N/c1-11(2,3)12-10-8-13-6-4-9(10)5-7-13;1-7(2,3)8-6-4-9-5-6;1-7(2,3)8-5-4-6-8/h9-10,12H,4-8H2,1-3H3;6,8H,4-5H2,1-3H3;4-6H2,1-3H3. The number of hydrogen-bond donors (Lipinski definition) is 2. The molecule has 5 saturated heterocycles. The summed E-state index contributed by atoms with van der Waals surface area (Å²) in [6, 6.07) is 1.35. The predicted molar refractivity (Wildman–Crippen MR) is 129 cm³/mol. The maximum absolute atomic E-state index is 5.02. The van der Waals surface area contributed by atoms with Crippen molar-refractivity contribution >= 4 is 0 Å². The summed E-state index contributed by atoms with van der Waals surface area (Å²) in [5.41, 5.74) is 0.954. The molecule has 1 unspecified atom stereocenters. The molecular weight excluding hydrogens is 372 g/mol. The summed E-state index contributed by atoms with van der Waals surface area (Å²) >= 11 is 0. The Hall–Kier alpha value is -0.200. The molecular formula is C25H52N4O. The van der Waals surface area contributed by atoms with Crippen molar-refractivity contribution in [3.8, 4) is 0 Å². The summed E-state index contributed by atoms with van der Waals surface area (Å²) in [5.74, 6) is 0.948. The van der Waals surface area contributed by atoms with E-state index in [1.165, 1.54) is 52.0 Å². The lowest BCUT2D eigenvalue weighted by molar-refractivity contribution is -0.0150. The van der Waals surface area contributed by atoms with E-state index in [0.717, 1.165) is 25.2 Å². The van der Waals surface area contributed by atoms with Crippen molar-refractivity contribution in [2.24, 2.45) is 5.92 Å². The second kappa shape index (κ2) is 10.6. The van der Waals surface area contributed by atoms with E-state index in [2.05, 4.69) is 82.7 Å². The van der Waals surface area contributed by atoms with E-state index >= 15 is 0 Å². The van der Waals surface area contributed by atoms with Crippen LogP contribution in [0, 0.1) is 5.92 Å². The Kier molecular flexibility index (Phi) is 9.22. The van der Waals surface area contributed by atoms with Crippen molar-refractivity contribution in [3.63, 3.8) is 0 Å². The van der Waals surface area contributed by atoms with Gasteiger partial charge >= 0.3 is 0 Å². The molecule has 5 fully saturated rings. The molecule has 178 valence electrons. The minimum Gasteiger partial charge on any atom is -0.378 e. The highest BCUT2D eigenvalue weighted by molar-refractivity contribution is 4.93. The molecule has 30 heavy (non-hydrogen) atoms. The van der Waals surface area contributed by atoms with Crippen molar-refractivity contribution in [2.75, 3.05) is 45.9 Å².